The molecule has 0 aliphatic carbocycles. The summed E-state index contributed by atoms with van der Waals surface area (Å²) in [6.07, 6.45) is 0.874. The molecule has 2 N–H and O–H groups in total. The van der Waals surface area contributed by atoms with E-state index in [4.69, 9.17) is 14.3 Å². The molecule has 1 unspecified atom stereocenters. The Kier molecular flexibility index (Phi) is 5.35. The molecule has 2 heterocycles. The summed E-state index contributed by atoms with van der Waals surface area (Å²) < 4.78 is 10.6. The number of hydrogen-bond acceptors (Lipinski definition) is 5. The molecule has 0 aromatic carbocycles. The normalized spacial score (nSPS) is 19.4. The number of nitrogens with one attached hydrogen (secondary N) is 1. The van der Waals surface area contributed by atoms with Crippen molar-refractivity contribution in [3.05, 3.63) is 23.7 Å². The van der Waals surface area contributed by atoms with E-state index < -0.39 is 5.97 Å². The van der Waals surface area contributed by atoms with Crippen LogP contribution in [0.15, 0.2) is 16.5 Å². The van der Waals surface area contributed by atoms with Crippen molar-refractivity contribution in [3.63, 3.8) is 0 Å². The molecule has 2 rings (SSSR count). The quantitative estimate of drug-likeness (QED) is 0.803. The summed E-state index contributed by atoms with van der Waals surface area (Å²) in [5.74, 6) is -0.727. The number of aromatic carboxylic acids is 1. The van der Waals surface area contributed by atoms with Crippen molar-refractivity contribution < 1.29 is 23.8 Å². The molecule has 0 saturated carbocycles. The van der Waals surface area contributed by atoms with Gasteiger partial charge in [-0.1, -0.05) is 6.92 Å². The molecule has 1 atom stereocenters. The van der Waals surface area contributed by atoms with Crippen molar-refractivity contribution in [1.29, 1.82) is 0 Å². The van der Waals surface area contributed by atoms with Gasteiger partial charge in [-0.05, 0) is 18.6 Å². The minimum Gasteiger partial charge on any atom is -0.475 e. The van der Waals surface area contributed by atoms with Crippen molar-refractivity contribution in [2.75, 3.05) is 26.3 Å². The Labute approximate surface area is 122 Å². The van der Waals surface area contributed by atoms with Crippen LogP contribution in [0.5, 0.6) is 0 Å². The molecule has 116 valence electrons. The molecule has 0 radical (unpaired) electrons. The van der Waals surface area contributed by atoms with Gasteiger partial charge < -0.3 is 19.6 Å². The van der Waals surface area contributed by atoms with Gasteiger partial charge in [0.25, 0.3) is 0 Å². The number of rotatable bonds is 6. The molecule has 1 saturated heterocycles. The van der Waals surface area contributed by atoms with E-state index in [1.165, 1.54) is 6.07 Å². The Bertz CT molecular complexity index is 499. The van der Waals surface area contributed by atoms with Crippen LogP contribution >= 0.6 is 0 Å². The van der Waals surface area contributed by atoms with Crippen molar-refractivity contribution in [1.82, 2.24) is 10.2 Å². The highest BCUT2D eigenvalue weighted by Crippen LogP contribution is 2.15. The number of hydrogen-bond donors (Lipinski definition) is 2. The molecule has 1 aromatic rings. The van der Waals surface area contributed by atoms with Gasteiger partial charge in [-0.2, -0.15) is 0 Å². The van der Waals surface area contributed by atoms with Crippen LogP contribution in [0.25, 0.3) is 0 Å². The van der Waals surface area contributed by atoms with Crippen LogP contribution in [0.2, 0.25) is 0 Å². The number of furan rings is 1. The van der Waals surface area contributed by atoms with Gasteiger partial charge in [-0.25, -0.2) is 4.79 Å². The molecule has 7 heteroatoms. The largest absolute Gasteiger partial charge is 0.475 e. The van der Waals surface area contributed by atoms with E-state index in [1.54, 1.807) is 6.07 Å². The zero-order valence-corrected chi connectivity index (χ0v) is 12.0. The molecule has 1 amide bonds. The van der Waals surface area contributed by atoms with Crippen LogP contribution in [0.3, 0.4) is 0 Å². The van der Waals surface area contributed by atoms with Gasteiger partial charge in [-0.15, -0.1) is 0 Å². The second-order valence-corrected chi connectivity index (χ2v) is 4.92. The monoisotopic (exact) mass is 296 g/mol. The maximum absolute atomic E-state index is 12.1. The lowest BCUT2D eigenvalue weighted by Crippen LogP contribution is -2.53. The van der Waals surface area contributed by atoms with Crippen molar-refractivity contribution in [3.8, 4) is 0 Å². The molecule has 1 aliphatic rings. The highest BCUT2D eigenvalue weighted by atomic mass is 16.5. The summed E-state index contributed by atoms with van der Waals surface area (Å²) in [4.78, 5) is 24.9. The lowest BCUT2D eigenvalue weighted by Gasteiger charge is -2.33. The van der Waals surface area contributed by atoms with Gasteiger partial charge in [-0.3, -0.25) is 9.69 Å². The fourth-order valence-electron chi connectivity index (χ4n) is 2.21. The average Bonchev–Trinajstić information content (AvgIpc) is 2.94. The number of carboxylic acid groups (broad SMARTS) is 1. The molecular formula is C14H20N2O5. The number of carbonyl (C=O) groups excluding carboxylic acids is 1. The average molecular weight is 296 g/mol. The lowest BCUT2D eigenvalue weighted by atomic mass is 10.2. The molecule has 0 bridgehead atoms. The van der Waals surface area contributed by atoms with Crippen LogP contribution in [-0.4, -0.2) is 54.2 Å². The fourth-order valence-corrected chi connectivity index (χ4v) is 2.21. The van der Waals surface area contributed by atoms with Crippen molar-refractivity contribution in [2.24, 2.45) is 0 Å². The van der Waals surface area contributed by atoms with Crippen LogP contribution in [-0.2, 0) is 16.1 Å². The smallest absolute Gasteiger partial charge is 0.371 e. The Morgan fingerprint density at radius 3 is 2.95 bits per heavy atom. The van der Waals surface area contributed by atoms with Gasteiger partial charge >= 0.3 is 5.97 Å². The molecule has 1 aliphatic heterocycles. The molecule has 0 spiro atoms. The minimum atomic E-state index is -1.10. The van der Waals surface area contributed by atoms with E-state index in [0.29, 0.717) is 38.6 Å². The van der Waals surface area contributed by atoms with Crippen LogP contribution in [0.1, 0.15) is 29.7 Å². The van der Waals surface area contributed by atoms with Crippen molar-refractivity contribution >= 4 is 11.9 Å². The van der Waals surface area contributed by atoms with Gasteiger partial charge in [0.15, 0.2) is 0 Å². The second kappa shape index (κ2) is 7.24. The van der Waals surface area contributed by atoms with Gasteiger partial charge in [0, 0.05) is 13.1 Å². The first-order valence-corrected chi connectivity index (χ1v) is 7.03. The second-order valence-electron chi connectivity index (χ2n) is 4.92. The highest BCUT2D eigenvalue weighted by molar-refractivity contribution is 5.84. The summed E-state index contributed by atoms with van der Waals surface area (Å²) in [5, 5.41) is 11.7. The first-order chi connectivity index (χ1) is 10.1. The Hall–Kier alpha value is -1.86. The van der Waals surface area contributed by atoms with E-state index in [0.717, 1.165) is 6.42 Å². The predicted octanol–water partition coefficient (Wildman–Crippen LogP) is 0.705. The van der Waals surface area contributed by atoms with E-state index >= 15 is 0 Å². The number of amides is 1. The zero-order valence-electron chi connectivity index (χ0n) is 12.0. The van der Waals surface area contributed by atoms with Crippen LogP contribution in [0.4, 0.5) is 0 Å². The molecule has 21 heavy (non-hydrogen) atoms. The first kappa shape index (κ1) is 15.5. The van der Waals surface area contributed by atoms with E-state index in [9.17, 15) is 9.59 Å². The number of carbonyl (C=O) groups is 2. The third-order valence-corrected chi connectivity index (χ3v) is 3.32. The maximum atomic E-state index is 12.1. The Morgan fingerprint density at radius 2 is 2.29 bits per heavy atom. The van der Waals surface area contributed by atoms with Crippen LogP contribution in [0, 0.1) is 0 Å². The maximum Gasteiger partial charge on any atom is 0.371 e. The number of morpholine rings is 1. The molecule has 1 aromatic heterocycles. The summed E-state index contributed by atoms with van der Waals surface area (Å²) in [7, 11) is 0. The minimum absolute atomic E-state index is 0.0680. The topological polar surface area (TPSA) is 92.0 Å². The summed E-state index contributed by atoms with van der Waals surface area (Å²) in [6.45, 7) is 4.50. The van der Waals surface area contributed by atoms with E-state index in [2.05, 4.69) is 5.32 Å². The lowest BCUT2D eigenvalue weighted by molar-refractivity contribution is -0.133. The van der Waals surface area contributed by atoms with Gasteiger partial charge in [0.05, 0.1) is 19.8 Å². The van der Waals surface area contributed by atoms with E-state index in [-0.39, 0.29) is 17.7 Å². The van der Waals surface area contributed by atoms with E-state index in [1.807, 2.05) is 11.8 Å². The number of nitrogens with zero attached hydrogens (tertiary/aromatic N) is 1. The number of ether oxygens (including phenoxy) is 1. The summed E-state index contributed by atoms with van der Waals surface area (Å²) in [5.41, 5.74) is 0. The fraction of sp³-hybridized carbons (Fsp3) is 0.571. The van der Waals surface area contributed by atoms with Crippen molar-refractivity contribution in [2.45, 2.75) is 25.9 Å². The zero-order chi connectivity index (χ0) is 15.2. The first-order valence-electron chi connectivity index (χ1n) is 7.03. The third kappa shape index (κ3) is 4.05. The molecule has 1 fully saturated rings. The Balaban J connectivity index is 2.00. The Morgan fingerprint density at radius 1 is 1.48 bits per heavy atom. The highest BCUT2D eigenvalue weighted by Gasteiger charge is 2.29. The third-order valence-electron chi connectivity index (χ3n) is 3.32. The molecular weight excluding hydrogens is 276 g/mol. The SMILES string of the molecule is CCCNC(=O)C1COCCN1Cc1ccc(C(=O)O)o1. The van der Waals surface area contributed by atoms with Gasteiger partial charge in [0.2, 0.25) is 11.7 Å². The summed E-state index contributed by atoms with van der Waals surface area (Å²) in [6, 6.07) is 2.67. The van der Waals surface area contributed by atoms with Crippen LogP contribution < -0.4 is 5.32 Å². The molecule has 7 nitrogen and oxygen atoms in total. The predicted molar refractivity (Wildman–Crippen MR) is 74.0 cm³/mol. The van der Waals surface area contributed by atoms with Gasteiger partial charge in [0.1, 0.15) is 11.8 Å². The number of carboxylic acids is 1. The summed E-state index contributed by atoms with van der Waals surface area (Å²) >= 11 is 0. The standard InChI is InChI=1S/C14H20N2O5/c1-2-5-15-13(17)11-9-20-7-6-16(11)8-10-3-4-12(21-10)14(18)19/h3-4,11H,2,5-9H2,1H3,(H,15,17)(H,18,19).